The number of allylic oxidation sites excluding steroid dienone is 3. The second-order valence-electron chi connectivity index (χ2n) is 8.35. The predicted molar refractivity (Wildman–Crippen MR) is 140 cm³/mol. The number of fused-ring (bicyclic) bond motifs is 1. The number of aryl methyl sites for hydroxylation is 1. The number of rotatable bonds is 13. The molecule has 2 aromatic rings. The first-order valence-electron chi connectivity index (χ1n) is 12.0. The van der Waals surface area contributed by atoms with Gasteiger partial charge in [-0.15, -0.1) is 0 Å². The van der Waals surface area contributed by atoms with Gasteiger partial charge in [-0.3, -0.25) is 0 Å². The zero-order valence-corrected chi connectivity index (χ0v) is 20.9. The molecule has 2 heterocycles. The highest BCUT2D eigenvalue weighted by molar-refractivity contribution is 6.34. The smallest absolute Gasteiger partial charge is 0.145 e. The van der Waals surface area contributed by atoms with Crippen LogP contribution in [0.4, 0.5) is 0 Å². The van der Waals surface area contributed by atoms with Crippen molar-refractivity contribution in [3.8, 4) is 0 Å². The fourth-order valence-electron chi connectivity index (χ4n) is 4.56. The second kappa shape index (κ2) is 15.0. The fraction of sp³-hybridized carbons (Fsp3) is 0.538. The van der Waals surface area contributed by atoms with Gasteiger partial charge in [0.2, 0.25) is 0 Å². The van der Waals surface area contributed by atoms with E-state index in [0.717, 1.165) is 69.5 Å². The number of aromatic nitrogens is 3. The van der Waals surface area contributed by atoms with E-state index in [-0.39, 0.29) is 0 Å². The molecule has 0 saturated heterocycles. The van der Waals surface area contributed by atoms with E-state index in [0.29, 0.717) is 11.2 Å². The first-order valence-corrected chi connectivity index (χ1v) is 12.4. The average Bonchev–Trinajstić information content (AvgIpc) is 3.46. The van der Waals surface area contributed by atoms with Crippen LogP contribution in [0, 0.1) is 5.92 Å². The molecule has 6 nitrogen and oxygen atoms in total. The molecule has 0 unspecified atom stereocenters. The summed E-state index contributed by atoms with van der Waals surface area (Å²) in [7, 11) is 1.00. The van der Waals surface area contributed by atoms with Gasteiger partial charge in [0, 0.05) is 19.3 Å². The quantitative estimate of drug-likeness (QED) is 0.220. The highest BCUT2D eigenvalue weighted by Crippen LogP contribution is 2.38. The Morgan fingerprint density at radius 2 is 2.00 bits per heavy atom. The van der Waals surface area contributed by atoms with Crippen molar-refractivity contribution in [2.45, 2.75) is 51.5 Å². The molecule has 1 aliphatic carbocycles. The molecule has 3 N–H and O–H groups in total. The van der Waals surface area contributed by atoms with Crippen LogP contribution >= 0.6 is 11.6 Å². The van der Waals surface area contributed by atoms with Crippen LogP contribution in [0.5, 0.6) is 0 Å². The van der Waals surface area contributed by atoms with Crippen molar-refractivity contribution in [2.75, 3.05) is 33.3 Å². The highest BCUT2D eigenvalue weighted by Gasteiger charge is 2.27. The van der Waals surface area contributed by atoms with Crippen molar-refractivity contribution in [3.63, 3.8) is 0 Å². The lowest BCUT2D eigenvalue weighted by Gasteiger charge is -2.15. The van der Waals surface area contributed by atoms with E-state index in [9.17, 15) is 0 Å². The molecule has 182 valence electrons. The summed E-state index contributed by atoms with van der Waals surface area (Å²) in [4.78, 5) is 8.73. The Bertz CT molecular complexity index is 907. The molecule has 1 saturated carbocycles. The Labute approximate surface area is 203 Å². The maximum atomic E-state index is 7.00. The fourth-order valence-corrected chi connectivity index (χ4v) is 4.81. The molecule has 1 aliphatic rings. The van der Waals surface area contributed by atoms with Gasteiger partial charge in [0.15, 0.2) is 0 Å². The Balaban J connectivity index is 0.00000187. The monoisotopic (exact) mass is 473 g/mol. The number of hydrogen-bond acceptors (Lipinski definition) is 5. The molecular weight excluding hydrogens is 434 g/mol. The summed E-state index contributed by atoms with van der Waals surface area (Å²) in [5.41, 5.74) is 3.46. The number of aliphatic hydroxyl groups excluding tert-OH is 1. The van der Waals surface area contributed by atoms with Gasteiger partial charge in [0.25, 0.3) is 0 Å². The van der Waals surface area contributed by atoms with Crippen molar-refractivity contribution in [1.82, 2.24) is 25.2 Å². The van der Waals surface area contributed by atoms with E-state index >= 15 is 0 Å². The number of hydrogen-bond donors (Lipinski definition) is 3. The lowest BCUT2D eigenvalue weighted by molar-refractivity contribution is 0.399. The molecule has 2 atom stereocenters. The maximum absolute atomic E-state index is 7.00. The zero-order valence-electron chi connectivity index (χ0n) is 20.2. The Morgan fingerprint density at radius 3 is 2.73 bits per heavy atom. The van der Waals surface area contributed by atoms with Crippen LogP contribution in [0.25, 0.3) is 11.0 Å². The van der Waals surface area contributed by atoms with Crippen molar-refractivity contribution in [3.05, 3.63) is 60.2 Å². The number of aliphatic hydroxyl groups is 1. The zero-order chi connectivity index (χ0) is 24.1. The first kappa shape index (κ1) is 27.3. The van der Waals surface area contributed by atoms with Crippen molar-refractivity contribution in [1.29, 1.82) is 0 Å². The van der Waals surface area contributed by atoms with Crippen molar-refractivity contribution >= 4 is 22.6 Å². The summed E-state index contributed by atoms with van der Waals surface area (Å²) in [6.45, 7) is 13.9. The molecule has 0 spiro atoms. The Hall–Kier alpha value is -1.99. The largest absolute Gasteiger partial charge is 0.400 e. The van der Waals surface area contributed by atoms with Gasteiger partial charge < -0.3 is 20.3 Å². The number of halogens is 1. The summed E-state index contributed by atoms with van der Waals surface area (Å²) in [6, 6.07) is 0.505. The van der Waals surface area contributed by atoms with Gasteiger partial charge >= 0.3 is 0 Å². The van der Waals surface area contributed by atoms with E-state index in [1.54, 1.807) is 6.33 Å². The topological polar surface area (TPSA) is 75.0 Å². The minimum Gasteiger partial charge on any atom is -0.400 e. The van der Waals surface area contributed by atoms with E-state index in [1.807, 2.05) is 18.2 Å². The minimum absolute atomic E-state index is 0.505. The summed E-state index contributed by atoms with van der Waals surface area (Å²) in [5, 5.41) is 15.8. The van der Waals surface area contributed by atoms with E-state index in [2.05, 4.69) is 51.4 Å². The molecule has 0 aromatic carbocycles. The number of nitrogens with zero attached hydrogens (tertiary/aromatic N) is 3. The van der Waals surface area contributed by atoms with Gasteiger partial charge in [0.05, 0.1) is 5.39 Å². The number of nitrogens with one attached hydrogen (secondary N) is 2. The molecule has 1 fully saturated rings. The molecular formula is C26H40ClN5O. The van der Waals surface area contributed by atoms with Crippen LogP contribution in [0.15, 0.2) is 49.5 Å². The van der Waals surface area contributed by atoms with E-state index in [1.165, 1.54) is 30.4 Å². The van der Waals surface area contributed by atoms with Crippen LogP contribution < -0.4 is 10.6 Å². The van der Waals surface area contributed by atoms with Crippen LogP contribution in [0.2, 0.25) is 5.15 Å². The molecule has 0 aliphatic heterocycles. The van der Waals surface area contributed by atoms with Gasteiger partial charge in [-0.25, -0.2) is 9.97 Å². The lowest BCUT2D eigenvalue weighted by atomic mass is 10.1. The van der Waals surface area contributed by atoms with Crippen LogP contribution in [0.3, 0.4) is 0 Å². The van der Waals surface area contributed by atoms with Crippen molar-refractivity contribution in [2.24, 2.45) is 5.92 Å². The van der Waals surface area contributed by atoms with Crippen LogP contribution in [-0.2, 0) is 6.42 Å². The SMILES string of the molecule is C=C/C=C(\C=C)CCNCCCNC[C@@H]1CC[C@H](n2cc(CC)c3c(Cl)ncnc32)C1.CO. The summed E-state index contributed by atoms with van der Waals surface area (Å²) < 4.78 is 2.35. The first-order chi connectivity index (χ1) is 16.2. The molecule has 3 rings (SSSR count). The normalized spacial score (nSPS) is 18.2. The Morgan fingerprint density at radius 1 is 1.21 bits per heavy atom. The molecule has 7 heteroatoms. The lowest BCUT2D eigenvalue weighted by Crippen LogP contribution is -2.26. The standard InChI is InChI=1S/C25H36ClN5.CH4O/c1-4-8-19(5-2)11-14-27-12-7-13-28-16-20-9-10-22(15-20)31-17-21(6-3)23-24(26)29-18-30-25(23)31;1-2/h4-5,8,17-18,20,22,27-28H,1-2,6-7,9-16H2,3H3;2H,1H3/b19-8+;/t20-,22+;/m1./s1. The molecule has 0 bridgehead atoms. The Kier molecular flexibility index (Phi) is 12.4. The van der Waals surface area contributed by atoms with Gasteiger partial charge in [-0.1, -0.05) is 49.9 Å². The molecule has 33 heavy (non-hydrogen) atoms. The predicted octanol–water partition coefficient (Wildman–Crippen LogP) is 4.85. The molecule has 2 aromatic heterocycles. The third kappa shape index (κ3) is 7.78. The van der Waals surface area contributed by atoms with Crippen LogP contribution in [0.1, 0.15) is 50.6 Å². The second-order valence-corrected chi connectivity index (χ2v) is 8.71. The third-order valence-corrected chi connectivity index (χ3v) is 6.54. The van der Waals surface area contributed by atoms with Gasteiger partial charge in [0.1, 0.15) is 17.1 Å². The highest BCUT2D eigenvalue weighted by atomic mass is 35.5. The third-order valence-electron chi connectivity index (χ3n) is 6.25. The average molecular weight is 474 g/mol. The van der Waals surface area contributed by atoms with E-state index < -0.39 is 0 Å². The summed E-state index contributed by atoms with van der Waals surface area (Å²) >= 11 is 6.37. The van der Waals surface area contributed by atoms with Crippen LogP contribution in [-0.4, -0.2) is 52.9 Å². The van der Waals surface area contributed by atoms with Gasteiger partial charge in [-0.05, 0) is 81.8 Å². The molecule has 0 radical (unpaired) electrons. The summed E-state index contributed by atoms with van der Waals surface area (Å²) in [5.74, 6) is 0.719. The van der Waals surface area contributed by atoms with Gasteiger partial charge in [-0.2, -0.15) is 0 Å². The van der Waals surface area contributed by atoms with E-state index in [4.69, 9.17) is 16.7 Å². The minimum atomic E-state index is 0.505. The molecule has 0 amide bonds. The summed E-state index contributed by atoms with van der Waals surface area (Å²) in [6.07, 6.45) is 16.3. The maximum Gasteiger partial charge on any atom is 0.145 e. The van der Waals surface area contributed by atoms with Crippen molar-refractivity contribution < 1.29 is 5.11 Å².